The topological polar surface area (TPSA) is 59.2 Å². The predicted octanol–water partition coefficient (Wildman–Crippen LogP) is 2.89. The molecule has 0 atom stereocenters. The fourth-order valence-electron chi connectivity index (χ4n) is 3.91. The van der Waals surface area contributed by atoms with E-state index in [1.54, 1.807) is 0 Å². The highest BCUT2D eigenvalue weighted by Crippen LogP contribution is 2.20. The van der Waals surface area contributed by atoms with Crippen LogP contribution in [0.4, 0.5) is 0 Å². The first-order valence-electron chi connectivity index (χ1n) is 10.2. The van der Waals surface area contributed by atoms with E-state index in [1.165, 1.54) is 5.56 Å². The number of carbonyl (C=O) groups excluding carboxylic acids is 1. The largest absolute Gasteiger partial charge is 0.336 e. The summed E-state index contributed by atoms with van der Waals surface area (Å²) in [5.74, 6) is 0.0873. The molecule has 1 fully saturated rings. The highest BCUT2D eigenvalue weighted by molar-refractivity contribution is 6.31. The van der Waals surface area contributed by atoms with Crippen molar-refractivity contribution in [2.24, 2.45) is 7.05 Å². The van der Waals surface area contributed by atoms with Crippen LogP contribution in [0.3, 0.4) is 0 Å². The van der Waals surface area contributed by atoms with Gasteiger partial charge in [0.1, 0.15) is 0 Å². The summed E-state index contributed by atoms with van der Waals surface area (Å²) < 4.78 is 3.71. The Hall–Kier alpha value is -2.64. The maximum atomic E-state index is 13.0. The van der Waals surface area contributed by atoms with E-state index in [9.17, 15) is 4.79 Å². The van der Waals surface area contributed by atoms with E-state index in [1.807, 2.05) is 71.8 Å². The van der Waals surface area contributed by atoms with E-state index in [2.05, 4.69) is 15.1 Å². The summed E-state index contributed by atoms with van der Waals surface area (Å²) in [5, 5.41) is 9.42. The van der Waals surface area contributed by atoms with Crippen LogP contribution in [0.25, 0.3) is 0 Å². The molecule has 30 heavy (non-hydrogen) atoms. The van der Waals surface area contributed by atoms with Crippen molar-refractivity contribution >= 4 is 17.5 Å². The van der Waals surface area contributed by atoms with Gasteiger partial charge in [-0.25, -0.2) is 0 Å². The van der Waals surface area contributed by atoms with Crippen LogP contribution in [0.2, 0.25) is 5.02 Å². The average Bonchev–Trinajstić information content (AvgIpc) is 3.26. The maximum absolute atomic E-state index is 13.0. The van der Waals surface area contributed by atoms with Gasteiger partial charge in [-0.3, -0.25) is 19.1 Å². The van der Waals surface area contributed by atoms with Crippen molar-refractivity contribution < 1.29 is 4.79 Å². The van der Waals surface area contributed by atoms with E-state index >= 15 is 0 Å². The third kappa shape index (κ3) is 4.42. The van der Waals surface area contributed by atoms with Gasteiger partial charge in [0.2, 0.25) is 0 Å². The number of rotatable bonds is 5. The molecular weight excluding hydrogens is 400 g/mol. The lowest BCUT2D eigenvalue weighted by molar-refractivity contribution is 0.0628. The van der Waals surface area contributed by atoms with Crippen LogP contribution < -0.4 is 0 Å². The SMILES string of the molecule is Cc1nn(Cc2cccc(C(=O)N3CCN(Cc4cnn(C)c4)CC3)c2)c(C)c1Cl. The van der Waals surface area contributed by atoms with Gasteiger partial charge < -0.3 is 4.90 Å². The minimum atomic E-state index is 0.0873. The molecular formula is C22H27ClN6O. The van der Waals surface area contributed by atoms with Gasteiger partial charge in [0.25, 0.3) is 5.91 Å². The first-order chi connectivity index (χ1) is 14.4. The highest BCUT2D eigenvalue weighted by Gasteiger charge is 2.22. The van der Waals surface area contributed by atoms with Crippen LogP contribution in [0.5, 0.6) is 0 Å². The molecule has 2 aromatic heterocycles. The summed E-state index contributed by atoms with van der Waals surface area (Å²) in [5.41, 5.74) is 4.73. The molecule has 0 radical (unpaired) electrons. The van der Waals surface area contributed by atoms with Crippen LogP contribution in [-0.4, -0.2) is 61.4 Å². The number of piperazine rings is 1. The predicted molar refractivity (Wildman–Crippen MR) is 117 cm³/mol. The number of aromatic nitrogens is 4. The zero-order valence-corrected chi connectivity index (χ0v) is 18.4. The molecule has 7 nitrogen and oxygen atoms in total. The molecule has 4 rings (SSSR count). The number of aryl methyl sites for hydroxylation is 2. The zero-order valence-electron chi connectivity index (χ0n) is 17.7. The molecule has 3 heterocycles. The Kier molecular flexibility index (Phi) is 5.92. The minimum absolute atomic E-state index is 0.0873. The van der Waals surface area contributed by atoms with Gasteiger partial charge >= 0.3 is 0 Å². The summed E-state index contributed by atoms with van der Waals surface area (Å²) in [6.07, 6.45) is 3.94. The average molecular weight is 427 g/mol. The van der Waals surface area contributed by atoms with E-state index in [-0.39, 0.29) is 5.91 Å². The van der Waals surface area contributed by atoms with Gasteiger partial charge in [-0.15, -0.1) is 0 Å². The molecule has 0 N–H and O–H groups in total. The second kappa shape index (κ2) is 8.62. The molecule has 1 aliphatic heterocycles. The van der Waals surface area contributed by atoms with Crippen molar-refractivity contribution in [1.29, 1.82) is 0 Å². The lowest BCUT2D eigenvalue weighted by atomic mass is 10.1. The van der Waals surface area contributed by atoms with E-state index < -0.39 is 0 Å². The summed E-state index contributed by atoms with van der Waals surface area (Å²) in [6.45, 7) is 8.53. The molecule has 158 valence electrons. The third-order valence-corrected chi connectivity index (χ3v) is 6.17. The van der Waals surface area contributed by atoms with Crippen molar-refractivity contribution in [2.45, 2.75) is 26.9 Å². The smallest absolute Gasteiger partial charge is 0.253 e. The molecule has 1 aliphatic rings. The summed E-state index contributed by atoms with van der Waals surface area (Å²) in [7, 11) is 1.93. The van der Waals surface area contributed by atoms with Crippen molar-refractivity contribution in [3.63, 3.8) is 0 Å². The van der Waals surface area contributed by atoms with Crippen molar-refractivity contribution in [1.82, 2.24) is 29.4 Å². The Morgan fingerprint density at radius 3 is 2.50 bits per heavy atom. The van der Waals surface area contributed by atoms with Crippen LogP contribution in [0.15, 0.2) is 36.7 Å². The van der Waals surface area contributed by atoms with Crippen LogP contribution >= 0.6 is 11.6 Å². The van der Waals surface area contributed by atoms with Gasteiger partial charge in [-0.2, -0.15) is 10.2 Å². The Morgan fingerprint density at radius 1 is 1.10 bits per heavy atom. The Balaban J connectivity index is 1.38. The third-order valence-electron chi connectivity index (χ3n) is 5.62. The van der Waals surface area contributed by atoms with Gasteiger partial charge in [-0.05, 0) is 31.5 Å². The Bertz CT molecular complexity index is 1050. The molecule has 0 unspecified atom stereocenters. The fraction of sp³-hybridized carbons (Fsp3) is 0.409. The minimum Gasteiger partial charge on any atom is -0.336 e. The maximum Gasteiger partial charge on any atom is 0.253 e. The number of carbonyl (C=O) groups is 1. The van der Waals surface area contributed by atoms with Gasteiger partial charge in [0.05, 0.1) is 29.2 Å². The van der Waals surface area contributed by atoms with Crippen LogP contribution in [-0.2, 0) is 20.1 Å². The molecule has 1 amide bonds. The Morgan fingerprint density at radius 2 is 1.87 bits per heavy atom. The molecule has 1 saturated heterocycles. The van der Waals surface area contributed by atoms with E-state index in [4.69, 9.17) is 11.6 Å². The number of nitrogens with zero attached hydrogens (tertiary/aromatic N) is 6. The monoisotopic (exact) mass is 426 g/mol. The van der Waals surface area contributed by atoms with Gasteiger partial charge in [-0.1, -0.05) is 23.7 Å². The van der Waals surface area contributed by atoms with E-state index in [0.29, 0.717) is 11.6 Å². The summed E-state index contributed by atoms with van der Waals surface area (Å²) in [4.78, 5) is 17.4. The molecule has 0 bridgehead atoms. The van der Waals surface area contributed by atoms with Crippen molar-refractivity contribution in [3.8, 4) is 0 Å². The van der Waals surface area contributed by atoms with Crippen molar-refractivity contribution in [2.75, 3.05) is 26.2 Å². The number of hydrogen-bond donors (Lipinski definition) is 0. The summed E-state index contributed by atoms with van der Waals surface area (Å²) >= 11 is 6.26. The zero-order chi connectivity index (χ0) is 21.3. The molecule has 1 aromatic carbocycles. The van der Waals surface area contributed by atoms with Crippen LogP contribution in [0, 0.1) is 13.8 Å². The fourth-order valence-corrected chi connectivity index (χ4v) is 4.04. The lowest BCUT2D eigenvalue weighted by Crippen LogP contribution is -2.48. The molecule has 0 saturated carbocycles. The highest BCUT2D eigenvalue weighted by atomic mass is 35.5. The molecule has 3 aromatic rings. The number of benzene rings is 1. The normalized spacial score (nSPS) is 15.0. The number of hydrogen-bond acceptors (Lipinski definition) is 4. The molecule has 0 spiro atoms. The lowest BCUT2D eigenvalue weighted by Gasteiger charge is -2.34. The first-order valence-corrected chi connectivity index (χ1v) is 10.6. The summed E-state index contributed by atoms with van der Waals surface area (Å²) in [6, 6.07) is 7.82. The first kappa shape index (κ1) is 20.6. The van der Waals surface area contributed by atoms with Gasteiger partial charge in [0, 0.05) is 57.1 Å². The number of halogens is 1. The Labute approximate surface area is 181 Å². The molecule has 0 aliphatic carbocycles. The van der Waals surface area contributed by atoms with Crippen molar-refractivity contribution in [3.05, 3.63) is 69.8 Å². The van der Waals surface area contributed by atoms with Gasteiger partial charge in [0.15, 0.2) is 0 Å². The van der Waals surface area contributed by atoms with E-state index in [0.717, 1.165) is 55.2 Å². The quantitative estimate of drug-likeness (QED) is 0.629. The second-order valence-corrected chi connectivity index (χ2v) is 8.31. The van der Waals surface area contributed by atoms with Crippen LogP contribution in [0.1, 0.15) is 32.9 Å². The number of amides is 1. The standard InChI is InChI=1S/C22H27ClN6O/c1-16-21(23)17(2)29(25-16)15-18-5-4-6-20(11-18)22(30)28-9-7-27(8-10-28)14-19-12-24-26(3)13-19/h4-6,11-13H,7-10,14-15H2,1-3H3. The second-order valence-electron chi connectivity index (χ2n) is 7.93. The molecule has 8 heteroatoms.